The maximum absolute atomic E-state index is 12.3. The molecule has 0 aliphatic carbocycles. The SMILES string of the molecule is CCC(F)(F)C(=O)C(F)C(=O)O. The molecule has 0 aromatic heterocycles. The highest BCUT2D eigenvalue weighted by molar-refractivity contribution is 6.04. The summed E-state index contributed by atoms with van der Waals surface area (Å²) in [6.45, 7) is 0.965. The third kappa shape index (κ3) is 2.21. The van der Waals surface area contributed by atoms with Crippen LogP contribution in [-0.4, -0.2) is 29.0 Å². The van der Waals surface area contributed by atoms with E-state index in [2.05, 4.69) is 0 Å². The summed E-state index contributed by atoms with van der Waals surface area (Å²) in [5.41, 5.74) is 0. The summed E-state index contributed by atoms with van der Waals surface area (Å²) in [6.07, 6.45) is -4.04. The Hall–Kier alpha value is -1.07. The van der Waals surface area contributed by atoms with Crippen molar-refractivity contribution in [3.8, 4) is 0 Å². The van der Waals surface area contributed by atoms with Gasteiger partial charge in [-0.15, -0.1) is 0 Å². The highest BCUT2D eigenvalue weighted by Gasteiger charge is 2.44. The fourth-order valence-corrected chi connectivity index (χ4v) is 0.472. The van der Waals surface area contributed by atoms with Crippen molar-refractivity contribution < 1.29 is 27.9 Å². The lowest BCUT2D eigenvalue weighted by molar-refractivity contribution is -0.159. The van der Waals surface area contributed by atoms with Crippen molar-refractivity contribution in [3.05, 3.63) is 0 Å². The van der Waals surface area contributed by atoms with Gasteiger partial charge in [0.05, 0.1) is 0 Å². The Labute approximate surface area is 66.2 Å². The normalized spacial score (nSPS) is 14.0. The van der Waals surface area contributed by atoms with Crippen molar-refractivity contribution >= 4 is 11.8 Å². The summed E-state index contributed by atoms with van der Waals surface area (Å²) in [5, 5.41) is 7.88. The van der Waals surface area contributed by atoms with Gasteiger partial charge in [-0.25, -0.2) is 9.18 Å². The first-order chi connectivity index (χ1) is 5.33. The lowest BCUT2D eigenvalue weighted by Gasteiger charge is -2.12. The highest BCUT2D eigenvalue weighted by atomic mass is 19.3. The maximum Gasteiger partial charge on any atom is 0.346 e. The molecular weight excluding hydrogens is 177 g/mol. The number of carbonyl (C=O) groups excluding carboxylic acids is 1. The van der Waals surface area contributed by atoms with Crippen molar-refractivity contribution in [3.63, 3.8) is 0 Å². The number of rotatable bonds is 4. The molecule has 0 radical (unpaired) electrons. The second-order valence-electron chi connectivity index (χ2n) is 2.12. The van der Waals surface area contributed by atoms with E-state index in [0.717, 1.165) is 6.92 Å². The first-order valence-corrected chi connectivity index (χ1v) is 3.12. The average molecular weight is 184 g/mol. The zero-order chi connectivity index (χ0) is 9.94. The van der Waals surface area contributed by atoms with Gasteiger partial charge in [-0.2, -0.15) is 8.78 Å². The Morgan fingerprint density at radius 2 is 1.92 bits per heavy atom. The minimum atomic E-state index is -3.89. The predicted octanol–water partition coefficient (Wildman–Crippen LogP) is 1.02. The quantitative estimate of drug-likeness (QED) is 0.663. The second-order valence-corrected chi connectivity index (χ2v) is 2.12. The van der Waals surface area contributed by atoms with E-state index in [-0.39, 0.29) is 0 Å². The minimum Gasteiger partial charge on any atom is -0.479 e. The van der Waals surface area contributed by atoms with Crippen LogP contribution in [0.1, 0.15) is 13.3 Å². The molecule has 3 nitrogen and oxygen atoms in total. The molecule has 1 atom stereocenters. The summed E-state index contributed by atoms with van der Waals surface area (Å²) < 4.78 is 36.8. The van der Waals surface area contributed by atoms with Gasteiger partial charge in [0.1, 0.15) is 0 Å². The number of hydrogen-bond donors (Lipinski definition) is 1. The van der Waals surface area contributed by atoms with Crippen LogP contribution in [-0.2, 0) is 9.59 Å². The zero-order valence-electron chi connectivity index (χ0n) is 6.18. The van der Waals surface area contributed by atoms with Gasteiger partial charge in [-0.1, -0.05) is 6.92 Å². The fourth-order valence-electron chi connectivity index (χ4n) is 0.472. The van der Waals surface area contributed by atoms with E-state index in [0.29, 0.717) is 0 Å². The molecule has 6 heteroatoms. The summed E-state index contributed by atoms with van der Waals surface area (Å²) in [7, 11) is 0. The Bertz CT molecular complexity index is 202. The molecule has 0 aromatic carbocycles. The van der Waals surface area contributed by atoms with E-state index in [1.807, 2.05) is 0 Å². The molecule has 0 fully saturated rings. The van der Waals surface area contributed by atoms with Gasteiger partial charge in [-0.05, 0) is 0 Å². The lowest BCUT2D eigenvalue weighted by Crippen LogP contribution is -2.39. The molecule has 0 aromatic rings. The Morgan fingerprint density at radius 1 is 1.50 bits per heavy atom. The van der Waals surface area contributed by atoms with Crippen molar-refractivity contribution in [2.75, 3.05) is 0 Å². The highest BCUT2D eigenvalue weighted by Crippen LogP contribution is 2.21. The van der Waals surface area contributed by atoms with E-state index in [1.54, 1.807) is 0 Å². The van der Waals surface area contributed by atoms with Crippen LogP contribution in [0.25, 0.3) is 0 Å². The smallest absolute Gasteiger partial charge is 0.346 e. The molecule has 0 amide bonds. The number of carboxylic acids is 1. The van der Waals surface area contributed by atoms with Crippen LogP contribution in [0.5, 0.6) is 0 Å². The van der Waals surface area contributed by atoms with Crippen LogP contribution in [0, 0.1) is 0 Å². The predicted molar refractivity (Wildman–Crippen MR) is 32.8 cm³/mol. The number of ketones is 1. The van der Waals surface area contributed by atoms with Crippen LogP contribution >= 0.6 is 0 Å². The van der Waals surface area contributed by atoms with E-state index < -0.39 is 30.3 Å². The molecular formula is C6H7F3O3. The lowest BCUT2D eigenvalue weighted by atomic mass is 10.1. The van der Waals surface area contributed by atoms with E-state index >= 15 is 0 Å². The Kier molecular flexibility index (Phi) is 3.24. The molecule has 0 bridgehead atoms. The van der Waals surface area contributed by atoms with Gasteiger partial charge < -0.3 is 5.11 Å². The number of aliphatic carboxylic acids is 1. The van der Waals surface area contributed by atoms with Crippen molar-refractivity contribution in [1.82, 2.24) is 0 Å². The molecule has 12 heavy (non-hydrogen) atoms. The molecule has 0 saturated carbocycles. The Morgan fingerprint density at radius 3 is 2.17 bits per heavy atom. The maximum atomic E-state index is 12.3. The van der Waals surface area contributed by atoms with Gasteiger partial charge in [0, 0.05) is 6.42 Å². The van der Waals surface area contributed by atoms with Gasteiger partial charge in [0.25, 0.3) is 6.17 Å². The molecule has 1 N–H and O–H groups in total. The molecule has 0 aliphatic rings. The van der Waals surface area contributed by atoms with Gasteiger partial charge in [-0.3, -0.25) is 4.79 Å². The van der Waals surface area contributed by atoms with Gasteiger partial charge in [0.2, 0.25) is 5.78 Å². The third-order valence-corrected chi connectivity index (χ3v) is 1.25. The summed E-state index contributed by atoms with van der Waals surface area (Å²) >= 11 is 0. The standard InChI is InChI=1S/C6H7F3O3/c1-2-6(8,9)4(10)3(7)5(11)12/h3H,2H2,1H3,(H,11,12). The molecule has 0 rings (SSSR count). The first-order valence-electron chi connectivity index (χ1n) is 3.12. The number of carbonyl (C=O) groups is 2. The van der Waals surface area contributed by atoms with Crippen LogP contribution in [0.15, 0.2) is 0 Å². The molecule has 1 unspecified atom stereocenters. The molecule has 0 aliphatic heterocycles. The number of alkyl halides is 3. The topological polar surface area (TPSA) is 54.4 Å². The second kappa shape index (κ2) is 3.55. The molecule has 0 spiro atoms. The largest absolute Gasteiger partial charge is 0.479 e. The number of halogens is 3. The van der Waals surface area contributed by atoms with Crippen LogP contribution < -0.4 is 0 Å². The molecule has 70 valence electrons. The van der Waals surface area contributed by atoms with Crippen molar-refractivity contribution in [2.24, 2.45) is 0 Å². The number of carboxylic acid groups (broad SMARTS) is 1. The van der Waals surface area contributed by atoms with Gasteiger partial charge >= 0.3 is 11.9 Å². The van der Waals surface area contributed by atoms with E-state index in [1.165, 1.54) is 0 Å². The number of Topliss-reactive ketones (excluding diaryl/α,β-unsaturated/α-hetero) is 1. The van der Waals surface area contributed by atoms with Crippen LogP contribution in [0.3, 0.4) is 0 Å². The van der Waals surface area contributed by atoms with E-state index in [4.69, 9.17) is 5.11 Å². The summed E-state index contributed by atoms with van der Waals surface area (Å²) in [5.74, 6) is -8.27. The molecule has 0 heterocycles. The van der Waals surface area contributed by atoms with Crippen molar-refractivity contribution in [2.45, 2.75) is 25.4 Å². The third-order valence-electron chi connectivity index (χ3n) is 1.25. The van der Waals surface area contributed by atoms with Crippen LogP contribution in [0.4, 0.5) is 13.2 Å². The fraction of sp³-hybridized carbons (Fsp3) is 0.667. The summed E-state index contributed by atoms with van der Waals surface area (Å²) in [6, 6.07) is 0. The monoisotopic (exact) mass is 184 g/mol. The van der Waals surface area contributed by atoms with E-state index in [9.17, 15) is 22.8 Å². The van der Waals surface area contributed by atoms with Crippen LogP contribution in [0.2, 0.25) is 0 Å². The Balaban J connectivity index is 4.49. The zero-order valence-corrected chi connectivity index (χ0v) is 6.18. The minimum absolute atomic E-state index is 0.903. The van der Waals surface area contributed by atoms with Crippen molar-refractivity contribution in [1.29, 1.82) is 0 Å². The number of hydrogen-bond acceptors (Lipinski definition) is 2. The first kappa shape index (κ1) is 10.9. The summed E-state index contributed by atoms with van der Waals surface area (Å²) in [4.78, 5) is 20.1. The molecule has 0 saturated heterocycles. The van der Waals surface area contributed by atoms with Gasteiger partial charge in [0.15, 0.2) is 0 Å². The average Bonchev–Trinajstić information content (AvgIpc) is 2.01.